The normalized spacial score (nSPS) is 12.1. The van der Waals surface area contributed by atoms with E-state index < -0.39 is 0 Å². The van der Waals surface area contributed by atoms with Gasteiger partial charge in [0.1, 0.15) is 18.0 Å². The number of fused-ring (bicyclic) bond motifs is 1. The van der Waals surface area contributed by atoms with E-state index in [-0.39, 0.29) is 6.79 Å². The highest BCUT2D eigenvalue weighted by Crippen LogP contribution is 2.35. The predicted octanol–water partition coefficient (Wildman–Crippen LogP) is 4.31. The molecule has 6 heteroatoms. The highest BCUT2D eigenvalue weighted by molar-refractivity contribution is 5.65. The molecule has 1 aliphatic rings. The van der Waals surface area contributed by atoms with Crippen LogP contribution < -0.4 is 20.1 Å². The Hall–Kier alpha value is -3.28. The summed E-state index contributed by atoms with van der Waals surface area (Å²) in [5, 5.41) is 6.56. The van der Waals surface area contributed by atoms with Gasteiger partial charge in [0.05, 0.1) is 0 Å². The van der Waals surface area contributed by atoms with Crippen molar-refractivity contribution in [3.63, 3.8) is 0 Å². The Morgan fingerprint density at radius 2 is 1.44 bits per heavy atom. The van der Waals surface area contributed by atoms with Gasteiger partial charge in [-0.1, -0.05) is 6.07 Å². The molecule has 0 bridgehead atoms. The van der Waals surface area contributed by atoms with E-state index >= 15 is 0 Å². The maximum absolute atomic E-state index is 5.39. The number of anilines is 4. The molecule has 2 N–H and O–H groups in total. The van der Waals surface area contributed by atoms with Crippen LogP contribution in [0.25, 0.3) is 0 Å². The van der Waals surface area contributed by atoms with Crippen LogP contribution in [0.3, 0.4) is 0 Å². The topological polar surface area (TPSA) is 68.3 Å². The molecule has 2 heterocycles. The summed E-state index contributed by atoms with van der Waals surface area (Å²) < 4.78 is 10.7. The molecule has 0 amide bonds. The Balaban J connectivity index is 1.52. The van der Waals surface area contributed by atoms with Gasteiger partial charge in [0, 0.05) is 23.5 Å². The second kappa shape index (κ2) is 6.32. The molecular weight excluding hydrogens is 316 g/mol. The van der Waals surface area contributed by atoms with Crippen LogP contribution >= 0.6 is 0 Å². The van der Waals surface area contributed by atoms with Gasteiger partial charge in [0.2, 0.25) is 6.79 Å². The Kier molecular flexibility index (Phi) is 3.85. The average molecular weight is 334 g/mol. The molecule has 0 aliphatic carbocycles. The number of benzene rings is 2. The number of nitrogens with one attached hydrogen (secondary N) is 2. The maximum Gasteiger partial charge on any atom is 0.231 e. The monoisotopic (exact) mass is 334 g/mol. The molecule has 126 valence electrons. The standard InChI is InChI=1S/C19H18N4O2/c1-12-3-4-14(7-13(12)2)22-18-9-19(21-10-20-18)23-15-5-6-16-17(8-15)25-11-24-16/h3-10H,11H2,1-2H3,(H2,20,21,22,23). The molecule has 1 aliphatic heterocycles. The van der Waals surface area contributed by atoms with Gasteiger partial charge < -0.3 is 20.1 Å². The van der Waals surface area contributed by atoms with Crippen LogP contribution in [0, 0.1) is 13.8 Å². The van der Waals surface area contributed by atoms with E-state index in [9.17, 15) is 0 Å². The molecule has 0 atom stereocenters. The van der Waals surface area contributed by atoms with Crippen LogP contribution in [0.2, 0.25) is 0 Å². The summed E-state index contributed by atoms with van der Waals surface area (Å²) in [6.07, 6.45) is 1.53. The number of nitrogens with zero attached hydrogens (tertiary/aromatic N) is 2. The first kappa shape index (κ1) is 15.3. The van der Waals surface area contributed by atoms with Crippen molar-refractivity contribution in [3.05, 3.63) is 59.9 Å². The molecule has 6 nitrogen and oxygen atoms in total. The third-order valence-corrected chi connectivity index (χ3v) is 4.09. The van der Waals surface area contributed by atoms with E-state index in [1.807, 2.05) is 30.3 Å². The first-order valence-corrected chi connectivity index (χ1v) is 8.00. The fourth-order valence-electron chi connectivity index (χ4n) is 2.58. The first-order valence-electron chi connectivity index (χ1n) is 8.00. The SMILES string of the molecule is Cc1ccc(Nc2cc(Nc3ccc4c(c3)OCO4)ncn2)cc1C. The second-order valence-corrected chi connectivity index (χ2v) is 5.91. The van der Waals surface area contributed by atoms with Gasteiger partial charge >= 0.3 is 0 Å². The van der Waals surface area contributed by atoms with Crippen LogP contribution in [-0.4, -0.2) is 16.8 Å². The van der Waals surface area contributed by atoms with Crippen molar-refractivity contribution in [1.82, 2.24) is 9.97 Å². The fraction of sp³-hybridized carbons (Fsp3) is 0.158. The van der Waals surface area contributed by atoms with Crippen LogP contribution in [0.1, 0.15) is 11.1 Å². The van der Waals surface area contributed by atoms with Crippen LogP contribution in [0.4, 0.5) is 23.0 Å². The Morgan fingerprint density at radius 3 is 2.20 bits per heavy atom. The summed E-state index contributed by atoms with van der Waals surface area (Å²) in [7, 11) is 0. The Labute approximate surface area is 145 Å². The van der Waals surface area contributed by atoms with E-state index in [1.165, 1.54) is 17.5 Å². The number of aromatic nitrogens is 2. The zero-order valence-corrected chi connectivity index (χ0v) is 14.0. The Bertz CT molecular complexity index is 927. The molecule has 3 aromatic rings. The van der Waals surface area contributed by atoms with Crippen molar-refractivity contribution in [3.8, 4) is 11.5 Å². The minimum Gasteiger partial charge on any atom is -0.454 e. The van der Waals surface area contributed by atoms with Crippen molar-refractivity contribution in [2.75, 3.05) is 17.4 Å². The van der Waals surface area contributed by atoms with Gasteiger partial charge in [0.25, 0.3) is 0 Å². The summed E-state index contributed by atoms with van der Waals surface area (Å²) in [6.45, 7) is 4.45. The number of ether oxygens (including phenoxy) is 2. The van der Waals surface area contributed by atoms with Gasteiger partial charge in [-0.25, -0.2) is 9.97 Å². The van der Waals surface area contributed by atoms with Crippen LogP contribution in [0.5, 0.6) is 11.5 Å². The molecule has 0 saturated heterocycles. The molecule has 0 unspecified atom stereocenters. The lowest BCUT2D eigenvalue weighted by molar-refractivity contribution is 0.174. The summed E-state index contributed by atoms with van der Waals surface area (Å²) >= 11 is 0. The molecule has 25 heavy (non-hydrogen) atoms. The molecule has 0 spiro atoms. The van der Waals surface area contributed by atoms with Crippen molar-refractivity contribution in [2.24, 2.45) is 0 Å². The van der Waals surface area contributed by atoms with E-state index in [4.69, 9.17) is 9.47 Å². The number of rotatable bonds is 4. The number of hydrogen-bond acceptors (Lipinski definition) is 6. The smallest absolute Gasteiger partial charge is 0.231 e. The second-order valence-electron chi connectivity index (χ2n) is 5.91. The summed E-state index contributed by atoms with van der Waals surface area (Å²) in [6, 6.07) is 13.8. The highest BCUT2D eigenvalue weighted by Gasteiger charge is 2.13. The minimum atomic E-state index is 0.260. The van der Waals surface area contributed by atoms with E-state index in [2.05, 4.69) is 46.6 Å². The van der Waals surface area contributed by atoms with Crippen LogP contribution in [-0.2, 0) is 0 Å². The lowest BCUT2D eigenvalue weighted by atomic mass is 10.1. The average Bonchev–Trinajstić information content (AvgIpc) is 3.06. The molecule has 0 saturated carbocycles. The van der Waals surface area contributed by atoms with Gasteiger partial charge in [-0.05, 0) is 49.2 Å². The fourth-order valence-corrected chi connectivity index (χ4v) is 2.58. The van der Waals surface area contributed by atoms with Crippen molar-refractivity contribution >= 4 is 23.0 Å². The summed E-state index contributed by atoms with van der Waals surface area (Å²) in [4.78, 5) is 8.55. The van der Waals surface area contributed by atoms with E-state index in [1.54, 1.807) is 0 Å². The molecule has 0 fully saturated rings. The molecule has 4 rings (SSSR count). The summed E-state index contributed by atoms with van der Waals surface area (Å²) in [5.74, 6) is 2.90. The zero-order chi connectivity index (χ0) is 17.2. The number of hydrogen-bond donors (Lipinski definition) is 2. The van der Waals surface area contributed by atoms with Gasteiger partial charge in [0.15, 0.2) is 11.5 Å². The van der Waals surface area contributed by atoms with Gasteiger partial charge in [-0.15, -0.1) is 0 Å². The summed E-state index contributed by atoms with van der Waals surface area (Å²) in [5.41, 5.74) is 4.37. The molecular formula is C19H18N4O2. The Morgan fingerprint density at radius 1 is 0.760 bits per heavy atom. The molecule has 2 aromatic carbocycles. The lowest BCUT2D eigenvalue weighted by Gasteiger charge is -2.10. The quantitative estimate of drug-likeness (QED) is 0.741. The predicted molar refractivity (Wildman–Crippen MR) is 97.1 cm³/mol. The van der Waals surface area contributed by atoms with Crippen LogP contribution in [0.15, 0.2) is 48.8 Å². The maximum atomic E-state index is 5.39. The zero-order valence-electron chi connectivity index (χ0n) is 14.0. The highest BCUT2D eigenvalue weighted by atomic mass is 16.7. The molecule has 0 radical (unpaired) electrons. The largest absolute Gasteiger partial charge is 0.454 e. The molecule has 1 aromatic heterocycles. The third kappa shape index (κ3) is 3.33. The van der Waals surface area contributed by atoms with Gasteiger partial charge in [-0.3, -0.25) is 0 Å². The van der Waals surface area contributed by atoms with E-state index in [0.717, 1.165) is 28.7 Å². The van der Waals surface area contributed by atoms with E-state index in [0.29, 0.717) is 5.82 Å². The van der Waals surface area contributed by atoms with Crippen molar-refractivity contribution in [2.45, 2.75) is 13.8 Å². The van der Waals surface area contributed by atoms with Gasteiger partial charge in [-0.2, -0.15) is 0 Å². The minimum absolute atomic E-state index is 0.260. The third-order valence-electron chi connectivity index (χ3n) is 4.09. The lowest BCUT2D eigenvalue weighted by Crippen LogP contribution is -1.99. The van der Waals surface area contributed by atoms with Crippen molar-refractivity contribution in [1.29, 1.82) is 0 Å². The van der Waals surface area contributed by atoms with Crippen molar-refractivity contribution < 1.29 is 9.47 Å². The number of aryl methyl sites for hydroxylation is 2. The first-order chi connectivity index (χ1) is 12.2.